The number of hydrogen-bond acceptors (Lipinski definition) is 3. The Morgan fingerprint density at radius 1 is 1.00 bits per heavy atom. The second kappa shape index (κ2) is 5.22. The fraction of sp³-hybridized carbons (Fsp3) is 0.600. The first-order valence-electron chi connectivity index (χ1n) is 7.08. The van der Waals surface area contributed by atoms with E-state index in [1.165, 1.54) is 19.3 Å². The number of ether oxygens (including phenoxy) is 2. The summed E-state index contributed by atoms with van der Waals surface area (Å²) in [5, 5.41) is 0.616. The van der Waals surface area contributed by atoms with Crippen molar-refractivity contribution in [3.63, 3.8) is 0 Å². The maximum Gasteiger partial charge on any atom is 0.179 e. The highest BCUT2D eigenvalue weighted by Gasteiger charge is 2.31. The van der Waals surface area contributed by atoms with E-state index in [2.05, 4.69) is 0 Å². The molecule has 0 atom stereocenters. The Morgan fingerprint density at radius 3 is 2.53 bits per heavy atom. The van der Waals surface area contributed by atoms with Gasteiger partial charge in [-0.2, -0.15) is 0 Å². The van der Waals surface area contributed by atoms with E-state index < -0.39 is 0 Å². The number of nitrogens with two attached hydrogens (primary N) is 1. The molecule has 0 aromatic heterocycles. The third-order valence-corrected chi connectivity index (χ3v) is 4.40. The molecule has 0 spiro atoms. The summed E-state index contributed by atoms with van der Waals surface area (Å²) in [7, 11) is 0. The van der Waals surface area contributed by atoms with Crippen molar-refractivity contribution in [1.82, 2.24) is 0 Å². The van der Waals surface area contributed by atoms with Gasteiger partial charge in [-0.05, 0) is 30.5 Å². The van der Waals surface area contributed by atoms with Crippen LogP contribution in [0.3, 0.4) is 0 Å². The summed E-state index contributed by atoms with van der Waals surface area (Å²) in [6, 6.07) is 3.98. The first-order valence-corrected chi connectivity index (χ1v) is 7.45. The van der Waals surface area contributed by atoms with Gasteiger partial charge in [0.15, 0.2) is 11.5 Å². The van der Waals surface area contributed by atoms with Gasteiger partial charge < -0.3 is 15.2 Å². The summed E-state index contributed by atoms with van der Waals surface area (Å²) in [5.74, 6) is 1.41. The van der Waals surface area contributed by atoms with E-state index in [1.807, 2.05) is 12.1 Å². The molecule has 1 aromatic rings. The molecule has 104 valence electrons. The lowest BCUT2D eigenvalue weighted by Crippen LogP contribution is -2.38. The molecular formula is C15H20ClNO2. The van der Waals surface area contributed by atoms with Crippen molar-refractivity contribution < 1.29 is 9.47 Å². The van der Waals surface area contributed by atoms with Gasteiger partial charge in [-0.1, -0.05) is 30.9 Å². The van der Waals surface area contributed by atoms with Gasteiger partial charge in [-0.15, -0.1) is 0 Å². The molecule has 1 aliphatic carbocycles. The summed E-state index contributed by atoms with van der Waals surface area (Å²) >= 11 is 6.34. The van der Waals surface area contributed by atoms with E-state index in [9.17, 15) is 0 Å². The van der Waals surface area contributed by atoms with Crippen LogP contribution in [0, 0.1) is 0 Å². The lowest BCUT2D eigenvalue weighted by atomic mass is 9.77. The van der Waals surface area contributed by atoms with Crippen LogP contribution in [-0.4, -0.2) is 13.2 Å². The van der Waals surface area contributed by atoms with Crippen LogP contribution >= 0.6 is 11.6 Å². The molecule has 1 fully saturated rings. The number of halogens is 1. The number of fused-ring (bicyclic) bond motifs is 1. The van der Waals surface area contributed by atoms with E-state index in [4.69, 9.17) is 26.8 Å². The molecule has 0 saturated heterocycles. The Morgan fingerprint density at radius 2 is 1.74 bits per heavy atom. The first kappa shape index (κ1) is 13.1. The zero-order valence-corrected chi connectivity index (χ0v) is 11.8. The smallest absolute Gasteiger partial charge is 0.179 e. The molecule has 1 aromatic carbocycles. The Bertz CT molecular complexity index is 469. The van der Waals surface area contributed by atoms with Crippen molar-refractivity contribution in [2.45, 2.75) is 44.1 Å². The summed E-state index contributed by atoms with van der Waals surface area (Å²) in [4.78, 5) is 0. The third kappa shape index (κ3) is 2.54. The fourth-order valence-electron chi connectivity index (χ4n) is 2.99. The monoisotopic (exact) mass is 281 g/mol. The van der Waals surface area contributed by atoms with E-state index in [0.717, 1.165) is 30.6 Å². The summed E-state index contributed by atoms with van der Waals surface area (Å²) < 4.78 is 11.4. The molecule has 3 rings (SSSR count). The molecule has 2 N–H and O–H groups in total. The molecule has 0 bridgehead atoms. The topological polar surface area (TPSA) is 44.5 Å². The average Bonchev–Trinajstić information content (AvgIpc) is 2.65. The second-order valence-corrected chi connectivity index (χ2v) is 5.96. The first-order chi connectivity index (χ1) is 9.19. The fourth-order valence-corrected chi connectivity index (χ4v) is 3.25. The molecular weight excluding hydrogens is 262 g/mol. The zero-order chi connectivity index (χ0) is 13.3. The van der Waals surface area contributed by atoms with Crippen molar-refractivity contribution in [1.29, 1.82) is 0 Å². The van der Waals surface area contributed by atoms with Crippen molar-refractivity contribution >= 4 is 11.6 Å². The number of rotatable bonds is 1. The summed E-state index contributed by atoms with van der Waals surface area (Å²) in [6.45, 7) is 1.32. The predicted octanol–water partition coefficient (Wildman–Crippen LogP) is 3.62. The van der Waals surface area contributed by atoms with Gasteiger partial charge in [0.1, 0.15) is 0 Å². The molecule has 1 heterocycles. The largest absolute Gasteiger partial charge is 0.489 e. The summed E-state index contributed by atoms with van der Waals surface area (Å²) in [6.07, 6.45) is 6.56. The van der Waals surface area contributed by atoms with Crippen molar-refractivity contribution in [2.75, 3.05) is 13.2 Å². The normalized spacial score (nSPS) is 21.8. The molecule has 0 unspecified atom stereocenters. The van der Waals surface area contributed by atoms with Crippen LogP contribution in [0.5, 0.6) is 11.5 Å². The lowest BCUT2D eigenvalue weighted by Gasteiger charge is -2.34. The average molecular weight is 282 g/mol. The minimum atomic E-state index is -0.257. The highest BCUT2D eigenvalue weighted by molar-refractivity contribution is 6.32. The van der Waals surface area contributed by atoms with Crippen LogP contribution in [0.2, 0.25) is 5.02 Å². The molecule has 1 aliphatic heterocycles. The highest BCUT2D eigenvalue weighted by Crippen LogP contribution is 2.43. The summed E-state index contributed by atoms with van der Waals surface area (Å²) in [5.41, 5.74) is 7.39. The van der Waals surface area contributed by atoms with Crippen LogP contribution < -0.4 is 15.2 Å². The Kier molecular flexibility index (Phi) is 3.59. The van der Waals surface area contributed by atoms with Crippen LogP contribution in [0.4, 0.5) is 0 Å². The van der Waals surface area contributed by atoms with Crippen LogP contribution in [0.15, 0.2) is 12.1 Å². The van der Waals surface area contributed by atoms with Gasteiger partial charge in [-0.25, -0.2) is 0 Å². The highest BCUT2D eigenvalue weighted by atomic mass is 35.5. The maximum absolute atomic E-state index is 6.57. The molecule has 0 radical (unpaired) electrons. The van der Waals surface area contributed by atoms with E-state index >= 15 is 0 Å². The van der Waals surface area contributed by atoms with E-state index in [0.29, 0.717) is 24.0 Å². The maximum atomic E-state index is 6.57. The molecule has 3 nitrogen and oxygen atoms in total. The van der Waals surface area contributed by atoms with Crippen molar-refractivity contribution in [3.8, 4) is 11.5 Å². The predicted molar refractivity (Wildman–Crippen MR) is 76.0 cm³/mol. The molecule has 1 saturated carbocycles. The van der Waals surface area contributed by atoms with Crippen molar-refractivity contribution in [3.05, 3.63) is 22.7 Å². The minimum absolute atomic E-state index is 0.257. The van der Waals surface area contributed by atoms with Gasteiger partial charge in [0.25, 0.3) is 0 Å². The quantitative estimate of drug-likeness (QED) is 0.855. The Labute approximate surface area is 119 Å². The second-order valence-electron chi connectivity index (χ2n) is 5.55. The van der Waals surface area contributed by atoms with Crippen LogP contribution in [0.1, 0.15) is 44.1 Å². The van der Waals surface area contributed by atoms with Gasteiger partial charge in [0.05, 0.1) is 18.2 Å². The Balaban J connectivity index is 1.98. The molecule has 2 aliphatic rings. The van der Waals surface area contributed by atoms with Gasteiger partial charge >= 0.3 is 0 Å². The van der Waals surface area contributed by atoms with E-state index in [1.54, 1.807) is 0 Å². The molecule has 19 heavy (non-hydrogen) atoms. The van der Waals surface area contributed by atoms with Crippen LogP contribution in [-0.2, 0) is 5.54 Å². The molecule has 0 amide bonds. The standard InChI is InChI=1S/C15H20ClNO2/c16-12-9-11(15(17)5-2-1-3-6-15)10-13-14(12)19-8-4-7-18-13/h9-10H,1-8,17H2. The van der Waals surface area contributed by atoms with Crippen LogP contribution in [0.25, 0.3) is 0 Å². The minimum Gasteiger partial charge on any atom is -0.489 e. The number of hydrogen-bond donors (Lipinski definition) is 1. The van der Waals surface area contributed by atoms with Gasteiger partial charge in [0.2, 0.25) is 0 Å². The SMILES string of the molecule is NC1(c2cc(Cl)c3c(c2)OCCCO3)CCCCC1. The van der Waals surface area contributed by atoms with Crippen molar-refractivity contribution in [2.24, 2.45) is 5.73 Å². The van der Waals surface area contributed by atoms with E-state index in [-0.39, 0.29) is 5.54 Å². The lowest BCUT2D eigenvalue weighted by molar-refractivity contribution is 0.293. The van der Waals surface area contributed by atoms with Gasteiger partial charge in [0, 0.05) is 12.0 Å². The Hall–Kier alpha value is -0.930. The molecule has 4 heteroatoms. The zero-order valence-electron chi connectivity index (χ0n) is 11.1. The van der Waals surface area contributed by atoms with Gasteiger partial charge in [-0.3, -0.25) is 0 Å². The number of benzene rings is 1. The third-order valence-electron chi connectivity index (χ3n) is 4.12.